The molecule has 1 heterocycles. The predicted molar refractivity (Wildman–Crippen MR) is 87.0 cm³/mol. The minimum Gasteiger partial charge on any atom is -0.449 e. The van der Waals surface area contributed by atoms with Gasteiger partial charge in [0.05, 0.1) is 12.4 Å². The van der Waals surface area contributed by atoms with E-state index >= 15 is 0 Å². The normalized spacial score (nSPS) is 26.1. The maximum Gasteiger partial charge on any atom is 0.407 e. The molecule has 2 unspecified atom stereocenters. The van der Waals surface area contributed by atoms with Gasteiger partial charge in [0.15, 0.2) is 9.84 Å². The molecule has 1 aliphatic carbocycles. The Bertz CT molecular complexity index is 715. The zero-order chi connectivity index (χ0) is 17.2. The molecule has 3 rings (SSSR count). The van der Waals surface area contributed by atoms with Gasteiger partial charge in [-0.1, -0.05) is 30.3 Å². The summed E-state index contributed by atoms with van der Waals surface area (Å²) >= 11 is 0. The number of nitrogens with one attached hydrogen (secondary N) is 2. The van der Waals surface area contributed by atoms with Crippen LogP contribution in [0.4, 0.5) is 4.79 Å². The first kappa shape index (κ1) is 16.8. The van der Waals surface area contributed by atoms with Gasteiger partial charge in [0, 0.05) is 6.54 Å². The number of benzene rings is 1. The highest BCUT2D eigenvalue weighted by molar-refractivity contribution is 7.91. The summed E-state index contributed by atoms with van der Waals surface area (Å²) < 4.78 is 30.3. The molecular weight excluding hydrogens is 332 g/mol. The topological polar surface area (TPSA) is 102 Å². The van der Waals surface area contributed by atoms with Crippen LogP contribution in [0, 0.1) is 5.92 Å². The molecule has 2 fully saturated rings. The highest BCUT2D eigenvalue weighted by Crippen LogP contribution is 2.29. The van der Waals surface area contributed by atoms with E-state index in [0.717, 1.165) is 12.8 Å². The summed E-state index contributed by atoms with van der Waals surface area (Å²) in [6, 6.07) is 7.59. The van der Waals surface area contributed by atoms with Crippen molar-refractivity contribution in [2.24, 2.45) is 5.92 Å². The van der Waals surface area contributed by atoms with Gasteiger partial charge in [0.2, 0.25) is 5.91 Å². The van der Waals surface area contributed by atoms with Crippen LogP contribution in [0.15, 0.2) is 30.3 Å². The van der Waals surface area contributed by atoms with Gasteiger partial charge in [-0.15, -0.1) is 0 Å². The van der Waals surface area contributed by atoms with Gasteiger partial charge in [-0.3, -0.25) is 4.79 Å². The molecule has 7 nitrogen and oxygen atoms in total. The Balaban J connectivity index is 1.69. The summed E-state index contributed by atoms with van der Waals surface area (Å²) in [4.78, 5) is 23.9. The molecule has 1 aromatic carbocycles. The number of sulfone groups is 1. The van der Waals surface area contributed by atoms with E-state index in [4.69, 9.17) is 4.74 Å². The third kappa shape index (κ3) is 4.05. The average molecular weight is 352 g/mol. The Kier molecular flexibility index (Phi) is 4.75. The Hall–Kier alpha value is -2.09. The van der Waals surface area contributed by atoms with Crippen molar-refractivity contribution >= 4 is 21.8 Å². The van der Waals surface area contributed by atoms with Crippen LogP contribution in [0.1, 0.15) is 23.7 Å². The molecule has 1 aliphatic heterocycles. The fourth-order valence-corrected chi connectivity index (χ4v) is 4.47. The molecule has 2 amide bonds. The summed E-state index contributed by atoms with van der Waals surface area (Å²) in [6.45, 7) is 0.292. The average Bonchev–Trinajstić information content (AvgIpc) is 3.37. The molecule has 24 heavy (non-hydrogen) atoms. The standard InChI is InChI=1S/C16H20N2O5S/c19-15-13(18-16(20)23-9-11-6-7-11)10-24(21,22)14(8-17-15)12-4-2-1-3-5-12/h1-5,11,13-14H,6-10H2,(H,17,19)(H,18,20). The third-order valence-electron chi connectivity index (χ3n) is 4.22. The van der Waals surface area contributed by atoms with Crippen molar-refractivity contribution in [2.45, 2.75) is 24.1 Å². The third-order valence-corrected chi connectivity index (χ3v) is 6.32. The highest BCUT2D eigenvalue weighted by atomic mass is 32.2. The molecule has 0 aromatic heterocycles. The number of ether oxygens (including phenoxy) is 1. The molecule has 8 heteroatoms. The van der Waals surface area contributed by atoms with E-state index in [0.29, 0.717) is 18.1 Å². The fourth-order valence-electron chi connectivity index (χ4n) is 2.63. The molecule has 2 atom stereocenters. The van der Waals surface area contributed by atoms with Crippen LogP contribution in [-0.4, -0.2) is 45.4 Å². The van der Waals surface area contributed by atoms with E-state index in [1.807, 2.05) is 0 Å². The van der Waals surface area contributed by atoms with Gasteiger partial charge in [-0.25, -0.2) is 13.2 Å². The smallest absolute Gasteiger partial charge is 0.407 e. The summed E-state index contributed by atoms with van der Waals surface area (Å²) in [6.07, 6.45) is 1.31. The van der Waals surface area contributed by atoms with Crippen LogP contribution in [-0.2, 0) is 19.4 Å². The minimum atomic E-state index is -3.61. The minimum absolute atomic E-state index is 0.0134. The van der Waals surface area contributed by atoms with E-state index in [2.05, 4.69) is 10.6 Å². The number of amides is 2. The zero-order valence-electron chi connectivity index (χ0n) is 13.1. The largest absolute Gasteiger partial charge is 0.449 e. The molecule has 2 aliphatic rings. The van der Waals surface area contributed by atoms with Crippen LogP contribution < -0.4 is 10.6 Å². The number of carbonyl (C=O) groups is 2. The van der Waals surface area contributed by atoms with Crippen LogP contribution in [0.3, 0.4) is 0 Å². The van der Waals surface area contributed by atoms with Gasteiger partial charge in [-0.05, 0) is 24.3 Å². The zero-order valence-corrected chi connectivity index (χ0v) is 13.9. The fraction of sp³-hybridized carbons (Fsp3) is 0.500. The SMILES string of the molecule is O=C(NC1CS(=O)(=O)C(c2ccccc2)CNC1=O)OCC1CC1. The predicted octanol–water partition coefficient (Wildman–Crippen LogP) is 0.777. The second-order valence-electron chi connectivity index (χ2n) is 6.21. The van der Waals surface area contributed by atoms with Crippen LogP contribution >= 0.6 is 0 Å². The lowest BCUT2D eigenvalue weighted by Gasteiger charge is -2.16. The number of hydrogen-bond acceptors (Lipinski definition) is 5. The molecule has 1 saturated carbocycles. The van der Waals surface area contributed by atoms with Gasteiger partial charge in [-0.2, -0.15) is 0 Å². The maximum atomic E-state index is 12.6. The second kappa shape index (κ2) is 6.80. The summed E-state index contributed by atoms with van der Waals surface area (Å²) in [5, 5.41) is 4.14. The summed E-state index contributed by atoms with van der Waals surface area (Å²) in [5.41, 5.74) is 0.620. The quantitative estimate of drug-likeness (QED) is 0.834. The number of carbonyl (C=O) groups excluding carboxylic acids is 2. The van der Waals surface area contributed by atoms with E-state index < -0.39 is 38.9 Å². The van der Waals surface area contributed by atoms with Crippen molar-refractivity contribution in [3.05, 3.63) is 35.9 Å². The lowest BCUT2D eigenvalue weighted by Crippen LogP contribution is -2.48. The van der Waals surface area contributed by atoms with Crippen LogP contribution in [0.25, 0.3) is 0 Å². The first-order valence-electron chi connectivity index (χ1n) is 7.93. The Morgan fingerprint density at radius 3 is 2.62 bits per heavy atom. The van der Waals surface area contributed by atoms with E-state index in [1.54, 1.807) is 30.3 Å². The molecular formula is C16H20N2O5S. The van der Waals surface area contributed by atoms with Crippen molar-refractivity contribution in [1.29, 1.82) is 0 Å². The highest BCUT2D eigenvalue weighted by Gasteiger charge is 2.38. The summed E-state index contributed by atoms with van der Waals surface area (Å²) in [5.74, 6) is -0.568. The van der Waals surface area contributed by atoms with Crippen molar-refractivity contribution in [3.8, 4) is 0 Å². The van der Waals surface area contributed by atoms with E-state index in [-0.39, 0.29) is 6.54 Å². The molecule has 1 saturated heterocycles. The van der Waals surface area contributed by atoms with Crippen molar-refractivity contribution in [2.75, 3.05) is 18.9 Å². The maximum absolute atomic E-state index is 12.6. The first-order chi connectivity index (χ1) is 11.5. The van der Waals surface area contributed by atoms with E-state index in [9.17, 15) is 18.0 Å². The number of hydrogen-bond donors (Lipinski definition) is 2. The van der Waals surface area contributed by atoms with Crippen LogP contribution in [0.2, 0.25) is 0 Å². The molecule has 1 aromatic rings. The number of alkyl carbamates (subject to hydrolysis) is 1. The Labute approximate surface area is 140 Å². The molecule has 0 radical (unpaired) electrons. The second-order valence-corrected chi connectivity index (χ2v) is 8.44. The lowest BCUT2D eigenvalue weighted by atomic mass is 10.1. The molecule has 0 spiro atoms. The van der Waals surface area contributed by atoms with Gasteiger partial charge < -0.3 is 15.4 Å². The van der Waals surface area contributed by atoms with Gasteiger partial charge in [0.25, 0.3) is 0 Å². The van der Waals surface area contributed by atoms with Crippen molar-refractivity contribution in [3.63, 3.8) is 0 Å². The monoisotopic (exact) mass is 352 g/mol. The molecule has 2 N–H and O–H groups in total. The first-order valence-corrected chi connectivity index (χ1v) is 9.65. The Morgan fingerprint density at radius 2 is 1.96 bits per heavy atom. The van der Waals surface area contributed by atoms with Crippen molar-refractivity contribution in [1.82, 2.24) is 10.6 Å². The molecule has 0 bridgehead atoms. The van der Waals surface area contributed by atoms with Crippen LogP contribution in [0.5, 0.6) is 0 Å². The van der Waals surface area contributed by atoms with Gasteiger partial charge in [0.1, 0.15) is 11.3 Å². The Morgan fingerprint density at radius 1 is 1.25 bits per heavy atom. The van der Waals surface area contributed by atoms with E-state index in [1.165, 1.54) is 0 Å². The lowest BCUT2D eigenvalue weighted by molar-refractivity contribution is -0.122. The number of rotatable bonds is 4. The summed E-state index contributed by atoms with van der Waals surface area (Å²) in [7, 11) is -3.61. The molecule has 130 valence electrons. The van der Waals surface area contributed by atoms with Crippen molar-refractivity contribution < 1.29 is 22.7 Å². The van der Waals surface area contributed by atoms with Gasteiger partial charge >= 0.3 is 6.09 Å².